The molecule has 0 atom stereocenters. The van der Waals surface area contributed by atoms with Crippen molar-refractivity contribution < 1.29 is 9.53 Å². The lowest BCUT2D eigenvalue weighted by Crippen LogP contribution is -2.23. The van der Waals surface area contributed by atoms with Crippen molar-refractivity contribution in [2.75, 3.05) is 7.05 Å². The third-order valence-corrected chi connectivity index (χ3v) is 4.92. The van der Waals surface area contributed by atoms with Crippen LogP contribution >= 0.6 is 23.4 Å². The standard InChI is InChI=1S/C20H19ClN2O2S/c1-13(2)25-17-10-4-14(5-11-17)12-18-19(24)23(3)20(26-18)22-16-8-6-15(21)7-9-16/h4-13H,1-3H3. The third-order valence-electron chi connectivity index (χ3n) is 3.60. The van der Waals surface area contributed by atoms with Gasteiger partial charge in [-0.25, -0.2) is 4.99 Å². The normalized spacial score (nSPS) is 17.6. The van der Waals surface area contributed by atoms with Gasteiger partial charge < -0.3 is 4.74 Å². The molecule has 134 valence electrons. The Kier molecular flexibility index (Phi) is 5.69. The van der Waals surface area contributed by atoms with E-state index in [2.05, 4.69) is 4.99 Å². The van der Waals surface area contributed by atoms with E-state index in [0.717, 1.165) is 17.0 Å². The topological polar surface area (TPSA) is 41.9 Å². The van der Waals surface area contributed by atoms with Gasteiger partial charge in [0.1, 0.15) is 5.75 Å². The van der Waals surface area contributed by atoms with Gasteiger partial charge in [0.05, 0.1) is 16.7 Å². The predicted molar refractivity (Wildman–Crippen MR) is 109 cm³/mol. The van der Waals surface area contributed by atoms with E-state index in [1.807, 2.05) is 56.3 Å². The van der Waals surface area contributed by atoms with E-state index >= 15 is 0 Å². The lowest BCUT2D eigenvalue weighted by Gasteiger charge is -2.09. The van der Waals surface area contributed by atoms with Gasteiger partial charge in [0.25, 0.3) is 5.91 Å². The minimum absolute atomic E-state index is 0.0646. The van der Waals surface area contributed by atoms with Gasteiger partial charge in [-0.15, -0.1) is 0 Å². The quantitative estimate of drug-likeness (QED) is 0.664. The second-order valence-electron chi connectivity index (χ2n) is 6.08. The molecule has 4 nitrogen and oxygen atoms in total. The monoisotopic (exact) mass is 386 g/mol. The molecule has 1 aliphatic heterocycles. The van der Waals surface area contributed by atoms with Crippen molar-refractivity contribution in [2.45, 2.75) is 20.0 Å². The summed E-state index contributed by atoms with van der Waals surface area (Å²) in [6, 6.07) is 14.9. The predicted octanol–water partition coefficient (Wildman–Crippen LogP) is 5.36. The number of amidine groups is 1. The summed E-state index contributed by atoms with van der Waals surface area (Å²) < 4.78 is 5.64. The van der Waals surface area contributed by atoms with Crippen LogP contribution in [0.15, 0.2) is 58.4 Å². The second kappa shape index (κ2) is 7.98. The van der Waals surface area contributed by atoms with Crippen LogP contribution in [-0.2, 0) is 4.79 Å². The number of nitrogens with zero attached hydrogens (tertiary/aromatic N) is 2. The van der Waals surface area contributed by atoms with E-state index in [1.165, 1.54) is 11.8 Å². The first-order valence-electron chi connectivity index (χ1n) is 8.21. The van der Waals surface area contributed by atoms with Crippen LogP contribution < -0.4 is 4.74 Å². The Morgan fingerprint density at radius 2 is 1.77 bits per heavy atom. The Bertz CT molecular complexity index is 858. The fourth-order valence-electron chi connectivity index (χ4n) is 2.34. The number of carbonyl (C=O) groups is 1. The molecule has 2 aromatic rings. The van der Waals surface area contributed by atoms with E-state index in [-0.39, 0.29) is 12.0 Å². The number of carbonyl (C=O) groups excluding carboxylic acids is 1. The summed E-state index contributed by atoms with van der Waals surface area (Å²) in [5, 5.41) is 1.30. The van der Waals surface area contributed by atoms with Crippen LogP contribution in [0.1, 0.15) is 19.4 Å². The minimum Gasteiger partial charge on any atom is -0.491 e. The van der Waals surface area contributed by atoms with Crippen LogP contribution in [0.5, 0.6) is 5.75 Å². The summed E-state index contributed by atoms with van der Waals surface area (Å²) in [7, 11) is 1.73. The Balaban J connectivity index is 1.79. The van der Waals surface area contributed by atoms with E-state index in [9.17, 15) is 4.79 Å². The summed E-state index contributed by atoms with van der Waals surface area (Å²) >= 11 is 7.25. The number of aliphatic imine (C=N–C) groups is 1. The van der Waals surface area contributed by atoms with Gasteiger partial charge in [-0.3, -0.25) is 9.69 Å². The van der Waals surface area contributed by atoms with Gasteiger partial charge in [0.15, 0.2) is 5.17 Å². The van der Waals surface area contributed by atoms with Gasteiger partial charge >= 0.3 is 0 Å². The zero-order valence-electron chi connectivity index (χ0n) is 14.8. The highest BCUT2D eigenvalue weighted by molar-refractivity contribution is 8.18. The number of benzene rings is 2. The Hall–Kier alpha value is -2.24. The van der Waals surface area contributed by atoms with Crippen molar-refractivity contribution in [3.63, 3.8) is 0 Å². The zero-order valence-corrected chi connectivity index (χ0v) is 16.3. The molecule has 1 aliphatic rings. The molecule has 0 bridgehead atoms. The van der Waals surface area contributed by atoms with Gasteiger partial charge in [-0.05, 0) is 73.6 Å². The average molecular weight is 387 g/mol. The summed E-state index contributed by atoms with van der Waals surface area (Å²) in [5.74, 6) is 0.750. The number of likely N-dealkylation sites (N-methyl/N-ethyl adjacent to an activating group) is 1. The molecular weight excluding hydrogens is 368 g/mol. The van der Waals surface area contributed by atoms with E-state index in [1.54, 1.807) is 24.1 Å². The van der Waals surface area contributed by atoms with Gasteiger partial charge in [-0.1, -0.05) is 23.7 Å². The summed E-state index contributed by atoms with van der Waals surface area (Å²) in [4.78, 5) is 19.2. The molecule has 0 aromatic heterocycles. The van der Waals surface area contributed by atoms with Crippen LogP contribution in [-0.4, -0.2) is 29.1 Å². The van der Waals surface area contributed by atoms with Crippen LogP contribution in [0, 0.1) is 0 Å². The SMILES string of the molecule is CC(C)Oc1ccc(C=C2SC(=Nc3ccc(Cl)cc3)N(C)C2=O)cc1. The van der Waals surface area contributed by atoms with Gasteiger partial charge in [0.2, 0.25) is 0 Å². The minimum atomic E-state index is -0.0646. The molecule has 1 fully saturated rings. The van der Waals surface area contributed by atoms with Crippen LogP contribution in [0.2, 0.25) is 5.02 Å². The van der Waals surface area contributed by atoms with Crippen molar-refractivity contribution >= 4 is 46.2 Å². The molecule has 0 saturated carbocycles. The molecule has 0 spiro atoms. The molecule has 2 aromatic carbocycles. The number of thioether (sulfide) groups is 1. The molecule has 3 rings (SSSR count). The molecule has 1 saturated heterocycles. The van der Waals surface area contributed by atoms with Crippen LogP contribution in [0.3, 0.4) is 0 Å². The zero-order chi connectivity index (χ0) is 18.7. The second-order valence-corrected chi connectivity index (χ2v) is 7.53. The third kappa shape index (κ3) is 4.48. The molecule has 0 aliphatic carbocycles. The largest absolute Gasteiger partial charge is 0.491 e. The first kappa shape index (κ1) is 18.5. The maximum Gasteiger partial charge on any atom is 0.266 e. The first-order chi connectivity index (χ1) is 12.4. The Labute approximate surface area is 162 Å². The molecular formula is C20H19ClN2O2S. The molecule has 1 heterocycles. The highest BCUT2D eigenvalue weighted by Gasteiger charge is 2.30. The lowest BCUT2D eigenvalue weighted by atomic mass is 10.2. The lowest BCUT2D eigenvalue weighted by molar-refractivity contribution is -0.121. The fraction of sp³-hybridized carbons (Fsp3) is 0.200. The molecule has 26 heavy (non-hydrogen) atoms. The van der Waals surface area contributed by atoms with Gasteiger partial charge in [-0.2, -0.15) is 0 Å². The molecule has 6 heteroatoms. The molecule has 0 unspecified atom stereocenters. The van der Waals surface area contributed by atoms with E-state index < -0.39 is 0 Å². The number of halogens is 1. The highest BCUT2D eigenvalue weighted by atomic mass is 35.5. The van der Waals surface area contributed by atoms with Gasteiger partial charge in [0, 0.05) is 12.1 Å². The van der Waals surface area contributed by atoms with E-state index in [0.29, 0.717) is 15.1 Å². The average Bonchev–Trinajstić information content (AvgIpc) is 2.86. The number of ether oxygens (including phenoxy) is 1. The summed E-state index contributed by atoms with van der Waals surface area (Å²) in [6.07, 6.45) is 2.00. The molecule has 1 amide bonds. The smallest absolute Gasteiger partial charge is 0.266 e. The Morgan fingerprint density at radius 3 is 2.38 bits per heavy atom. The van der Waals surface area contributed by atoms with Crippen molar-refractivity contribution in [3.8, 4) is 5.75 Å². The first-order valence-corrected chi connectivity index (χ1v) is 9.40. The maximum atomic E-state index is 12.5. The number of rotatable bonds is 4. The maximum absolute atomic E-state index is 12.5. The number of hydrogen-bond acceptors (Lipinski definition) is 4. The van der Waals surface area contributed by atoms with Crippen molar-refractivity contribution in [1.82, 2.24) is 4.90 Å². The van der Waals surface area contributed by atoms with Crippen molar-refractivity contribution in [1.29, 1.82) is 0 Å². The fourth-order valence-corrected chi connectivity index (χ4v) is 3.46. The number of hydrogen-bond donors (Lipinski definition) is 0. The Morgan fingerprint density at radius 1 is 1.12 bits per heavy atom. The van der Waals surface area contributed by atoms with E-state index in [4.69, 9.17) is 16.3 Å². The molecule has 0 radical (unpaired) electrons. The summed E-state index contributed by atoms with van der Waals surface area (Å²) in [5.41, 5.74) is 1.70. The van der Waals surface area contributed by atoms with Crippen LogP contribution in [0.4, 0.5) is 5.69 Å². The highest BCUT2D eigenvalue weighted by Crippen LogP contribution is 2.33. The van der Waals surface area contributed by atoms with Crippen LogP contribution in [0.25, 0.3) is 6.08 Å². The number of amides is 1. The van der Waals surface area contributed by atoms with Crippen molar-refractivity contribution in [3.05, 3.63) is 64.0 Å². The van der Waals surface area contributed by atoms with Crippen molar-refractivity contribution in [2.24, 2.45) is 4.99 Å². The molecule has 0 N–H and O–H groups in total. The summed E-state index contributed by atoms with van der Waals surface area (Å²) in [6.45, 7) is 3.97.